The molecule has 3 aliphatic heterocycles. The first-order chi connectivity index (χ1) is 8.43. The lowest BCUT2D eigenvalue weighted by Crippen LogP contribution is -2.27. The van der Waals surface area contributed by atoms with E-state index < -0.39 is 0 Å². The van der Waals surface area contributed by atoms with Crippen molar-refractivity contribution in [3.8, 4) is 0 Å². The van der Waals surface area contributed by atoms with Crippen molar-refractivity contribution in [2.75, 3.05) is 6.54 Å². The Hall–Kier alpha value is -2.09. The van der Waals surface area contributed by atoms with E-state index in [4.69, 9.17) is 4.99 Å². The summed E-state index contributed by atoms with van der Waals surface area (Å²) in [6.07, 6.45) is 9.54. The standard InChI is InChI=1S/C15H12N2/c1-2-6-13-11(5-1)12-8-10-17-9-4-3-7-14(17)15(12)16-13/h1-7,9H,8,10H2. The molecule has 0 bridgehead atoms. The van der Waals surface area contributed by atoms with Gasteiger partial charge in [-0.15, -0.1) is 0 Å². The van der Waals surface area contributed by atoms with E-state index in [1.54, 1.807) is 0 Å². The quantitative estimate of drug-likeness (QED) is 0.646. The van der Waals surface area contributed by atoms with Crippen molar-refractivity contribution in [3.05, 3.63) is 70.7 Å². The normalized spacial score (nSPS) is 20.0. The van der Waals surface area contributed by atoms with Crippen molar-refractivity contribution in [1.29, 1.82) is 0 Å². The Balaban J connectivity index is 2.07. The summed E-state index contributed by atoms with van der Waals surface area (Å²) in [6.45, 7) is 1.05. The van der Waals surface area contributed by atoms with Gasteiger partial charge in [-0.3, -0.25) is 0 Å². The number of rotatable bonds is 0. The van der Waals surface area contributed by atoms with Crippen molar-refractivity contribution >= 4 is 5.57 Å². The van der Waals surface area contributed by atoms with Gasteiger partial charge in [0.2, 0.25) is 0 Å². The number of para-hydroxylation sites is 1. The highest BCUT2D eigenvalue weighted by Crippen LogP contribution is 2.31. The fourth-order valence-electron chi connectivity index (χ4n) is 2.73. The number of benzene rings is 1. The number of allylic oxidation sites excluding steroid dienone is 4. The predicted molar refractivity (Wildman–Crippen MR) is 67.3 cm³/mol. The van der Waals surface area contributed by atoms with Gasteiger partial charge in [-0.05, 0) is 30.2 Å². The van der Waals surface area contributed by atoms with E-state index in [0.717, 1.165) is 24.0 Å². The fourth-order valence-corrected chi connectivity index (χ4v) is 2.73. The summed E-state index contributed by atoms with van der Waals surface area (Å²) < 4.78 is 0. The molecule has 1 aromatic carbocycles. The maximum atomic E-state index is 4.77. The third-order valence-corrected chi connectivity index (χ3v) is 3.53. The number of hydrogen-bond acceptors (Lipinski definition) is 2. The van der Waals surface area contributed by atoms with E-state index in [2.05, 4.69) is 53.6 Å². The van der Waals surface area contributed by atoms with Crippen LogP contribution in [0.5, 0.6) is 0 Å². The van der Waals surface area contributed by atoms with Crippen molar-refractivity contribution in [2.45, 2.75) is 6.42 Å². The molecular formula is C15H12N2. The SMILES string of the molecule is C1=CC2=C3N=c4ccccc4=C3CCN2C=C1. The largest absolute Gasteiger partial charge is 0.346 e. The van der Waals surface area contributed by atoms with Gasteiger partial charge in [-0.25, -0.2) is 4.99 Å². The van der Waals surface area contributed by atoms with Crippen LogP contribution in [0.1, 0.15) is 6.42 Å². The smallest absolute Gasteiger partial charge is 0.0913 e. The third kappa shape index (κ3) is 1.18. The average Bonchev–Trinajstić information content (AvgIpc) is 2.78. The van der Waals surface area contributed by atoms with Crippen LogP contribution in [0.15, 0.2) is 65.1 Å². The molecule has 0 N–H and O–H groups in total. The van der Waals surface area contributed by atoms with Gasteiger partial charge in [-0.2, -0.15) is 0 Å². The molecule has 4 rings (SSSR count). The van der Waals surface area contributed by atoms with Gasteiger partial charge in [0.05, 0.1) is 16.8 Å². The lowest BCUT2D eigenvalue weighted by molar-refractivity contribution is 0.469. The Morgan fingerprint density at radius 3 is 3.06 bits per heavy atom. The molecule has 0 unspecified atom stereocenters. The van der Waals surface area contributed by atoms with E-state index in [0.29, 0.717) is 0 Å². The maximum absolute atomic E-state index is 4.77. The van der Waals surface area contributed by atoms with E-state index in [-0.39, 0.29) is 0 Å². The van der Waals surface area contributed by atoms with E-state index >= 15 is 0 Å². The zero-order valence-corrected chi connectivity index (χ0v) is 9.43. The minimum absolute atomic E-state index is 1.05. The van der Waals surface area contributed by atoms with Crippen molar-refractivity contribution in [3.63, 3.8) is 0 Å². The van der Waals surface area contributed by atoms with Crippen molar-refractivity contribution in [1.82, 2.24) is 4.90 Å². The molecule has 0 saturated heterocycles. The number of fused-ring (bicyclic) bond motifs is 3. The molecule has 1 aromatic rings. The summed E-state index contributed by atoms with van der Waals surface area (Å²) in [5.41, 5.74) is 3.81. The summed E-state index contributed by atoms with van der Waals surface area (Å²) in [5.74, 6) is 0. The highest BCUT2D eigenvalue weighted by Gasteiger charge is 2.24. The second-order valence-electron chi connectivity index (χ2n) is 4.49. The van der Waals surface area contributed by atoms with Crippen LogP contribution in [-0.4, -0.2) is 11.4 Å². The van der Waals surface area contributed by atoms with Gasteiger partial charge < -0.3 is 4.90 Å². The highest BCUT2D eigenvalue weighted by atomic mass is 15.1. The van der Waals surface area contributed by atoms with E-state index in [9.17, 15) is 0 Å². The minimum atomic E-state index is 1.05. The van der Waals surface area contributed by atoms with Crippen LogP contribution < -0.4 is 10.6 Å². The maximum Gasteiger partial charge on any atom is 0.0913 e. The molecule has 0 saturated carbocycles. The molecule has 2 heteroatoms. The van der Waals surface area contributed by atoms with Crippen LogP contribution in [0.25, 0.3) is 5.57 Å². The predicted octanol–water partition coefficient (Wildman–Crippen LogP) is 1.47. The van der Waals surface area contributed by atoms with Crippen LogP contribution in [0.4, 0.5) is 0 Å². The molecule has 17 heavy (non-hydrogen) atoms. The second kappa shape index (κ2) is 3.20. The van der Waals surface area contributed by atoms with Crippen LogP contribution >= 0.6 is 0 Å². The molecule has 82 valence electrons. The first-order valence-electron chi connectivity index (χ1n) is 5.96. The number of hydrogen-bond donors (Lipinski definition) is 0. The highest BCUT2D eigenvalue weighted by molar-refractivity contribution is 5.70. The summed E-state index contributed by atoms with van der Waals surface area (Å²) in [7, 11) is 0. The minimum Gasteiger partial charge on any atom is -0.346 e. The van der Waals surface area contributed by atoms with E-state index in [1.165, 1.54) is 16.5 Å². The summed E-state index contributed by atoms with van der Waals surface area (Å²) in [5, 5.41) is 2.44. The molecular weight excluding hydrogens is 208 g/mol. The van der Waals surface area contributed by atoms with E-state index in [1.807, 2.05) is 0 Å². The second-order valence-corrected chi connectivity index (χ2v) is 4.49. The lowest BCUT2D eigenvalue weighted by atomic mass is 10.00. The molecule has 3 heterocycles. The zero-order valence-electron chi connectivity index (χ0n) is 9.43. The van der Waals surface area contributed by atoms with Gasteiger partial charge in [-0.1, -0.05) is 24.3 Å². The first kappa shape index (κ1) is 8.99. The average molecular weight is 220 g/mol. The Kier molecular flexibility index (Phi) is 1.69. The Morgan fingerprint density at radius 1 is 1.12 bits per heavy atom. The molecule has 0 atom stereocenters. The molecule has 0 radical (unpaired) electrons. The van der Waals surface area contributed by atoms with Crippen molar-refractivity contribution in [2.24, 2.45) is 4.99 Å². The fraction of sp³-hybridized carbons (Fsp3) is 0.133. The van der Waals surface area contributed by atoms with Crippen LogP contribution in [-0.2, 0) is 0 Å². The van der Waals surface area contributed by atoms with Crippen LogP contribution in [0, 0.1) is 0 Å². The first-order valence-corrected chi connectivity index (χ1v) is 5.96. The van der Waals surface area contributed by atoms with Crippen LogP contribution in [0.2, 0.25) is 0 Å². The molecule has 2 nitrogen and oxygen atoms in total. The number of nitrogens with zero attached hydrogens (tertiary/aromatic N) is 2. The van der Waals surface area contributed by atoms with Crippen LogP contribution in [0.3, 0.4) is 0 Å². The van der Waals surface area contributed by atoms with Gasteiger partial charge in [0, 0.05) is 18.0 Å². The summed E-state index contributed by atoms with van der Waals surface area (Å²) >= 11 is 0. The van der Waals surface area contributed by atoms with Gasteiger partial charge in [0.15, 0.2) is 0 Å². The van der Waals surface area contributed by atoms with Gasteiger partial charge >= 0.3 is 0 Å². The molecule has 0 aliphatic carbocycles. The summed E-state index contributed by atoms with van der Waals surface area (Å²) in [4.78, 5) is 7.06. The molecule has 0 spiro atoms. The molecule has 0 aromatic heterocycles. The van der Waals surface area contributed by atoms with Crippen molar-refractivity contribution < 1.29 is 0 Å². The Bertz CT molecular complexity index is 705. The Labute approximate surface area is 99.6 Å². The topological polar surface area (TPSA) is 15.6 Å². The molecule has 3 aliphatic rings. The van der Waals surface area contributed by atoms with Gasteiger partial charge in [0.25, 0.3) is 0 Å². The monoisotopic (exact) mass is 220 g/mol. The molecule has 0 amide bonds. The lowest BCUT2D eigenvalue weighted by Gasteiger charge is -2.29. The third-order valence-electron chi connectivity index (χ3n) is 3.53. The Morgan fingerprint density at radius 2 is 2.06 bits per heavy atom. The van der Waals surface area contributed by atoms with Gasteiger partial charge in [0.1, 0.15) is 0 Å². The molecule has 0 fully saturated rings. The summed E-state index contributed by atoms with van der Waals surface area (Å²) in [6, 6.07) is 8.43. The zero-order chi connectivity index (χ0) is 11.2.